The lowest BCUT2D eigenvalue weighted by Gasteiger charge is -2.06. The first kappa shape index (κ1) is 9.99. The van der Waals surface area contributed by atoms with E-state index in [2.05, 4.69) is 4.98 Å². The van der Waals surface area contributed by atoms with E-state index in [1.165, 1.54) is 0 Å². The number of pyridine rings is 1. The van der Waals surface area contributed by atoms with Gasteiger partial charge in [0.2, 0.25) is 0 Å². The second kappa shape index (κ2) is 4.82. The van der Waals surface area contributed by atoms with Crippen molar-refractivity contribution < 1.29 is 9.47 Å². The lowest BCUT2D eigenvalue weighted by molar-refractivity contribution is 0.146. The van der Waals surface area contributed by atoms with Crippen molar-refractivity contribution in [3.8, 4) is 5.75 Å². The first-order valence-electron chi connectivity index (χ1n) is 4.29. The maximum atomic E-state index is 5.44. The Hall–Kier alpha value is -1.09. The van der Waals surface area contributed by atoms with Crippen molar-refractivity contribution >= 4 is 0 Å². The summed E-state index contributed by atoms with van der Waals surface area (Å²) in [5.74, 6) is 0.863. The van der Waals surface area contributed by atoms with Gasteiger partial charge >= 0.3 is 0 Å². The van der Waals surface area contributed by atoms with Crippen LogP contribution in [0.4, 0.5) is 0 Å². The number of methoxy groups -OCH3 is 1. The molecular weight excluding hydrogens is 166 g/mol. The van der Waals surface area contributed by atoms with Crippen LogP contribution in [0.1, 0.15) is 11.4 Å². The van der Waals surface area contributed by atoms with Crippen molar-refractivity contribution in [1.82, 2.24) is 4.98 Å². The molecule has 3 nitrogen and oxygen atoms in total. The smallest absolute Gasteiger partial charge is 0.123 e. The summed E-state index contributed by atoms with van der Waals surface area (Å²) in [6.45, 7) is 5.10. The van der Waals surface area contributed by atoms with E-state index in [-0.39, 0.29) is 0 Å². The fourth-order valence-electron chi connectivity index (χ4n) is 1.12. The third-order valence-corrected chi connectivity index (χ3v) is 1.61. The normalized spacial score (nSPS) is 10.1. The lowest BCUT2D eigenvalue weighted by atomic mass is 10.3. The van der Waals surface area contributed by atoms with Crippen LogP contribution in [0.5, 0.6) is 5.75 Å². The highest BCUT2D eigenvalue weighted by atomic mass is 16.5. The van der Waals surface area contributed by atoms with Crippen LogP contribution in [0.2, 0.25) is 0 Å². The van der Waals surface area contributed by atoms with Gasteiger partial charge in [-0.3, -0.25) is 4.98 Å². The average Bonchev–Trinajstić information content (AvgIpc) is 2.03. The summed E-state index contributed by atoms with van der Waals surface area (Å²) in [5, 5.41) is 0. The van der Waals surface area contributed by atoms with Gasteiger partial charge in [-0.05, 0) is 13.8 Å². The number of aryl methyl sites for hydroxylation is 2. The number of aromatic nitrogens is 1. The van der Waals surface area contributed by atoms with Crippen molar-refractivity contribution in [2.45, 2.75) is 13.8 Å². The molecule has 0 spiro atoms. The van der Waals surface area contributed by atoms with Gasteiger partial charge in [0, 0.05) is 30.6 Å². The third-order valence-electron chi connectivity index (χ3n) is 1.61. The molecule has 0 aliphatic heterocycles. The van der Waals surface area contributed by atoms with Crippen molar-refractivity contribution in [2.24, 2.45) is 0 Å². The van der Waals surface area contributed by atoms with Crippen molar-refractivity contribution in [1.29, 1.82) is 0 Å². The van der Waals surface area contributed by atoms with Crippen molar-refractivity contribution in [2.75, 3.05) is 20.3 Å². The molecule has 72 valence electrons. The summed E-state index contributed by atoms with van der Waals surface area (Å²) >= 11 is 0. The van der Waals surface area contributed by atoms with Crippen LogP contribution in [0.15, 0.2) is 12.1 Å². The molecule has 0 aliphatic carbocycles. The first-order chi connectivity index (χ1) is 6.22. The predicted octanol–water partition coefficient (Wildman–Crippen LogP) is 1.72. The maximum Gasteiger partial charge on any atom is 0.123 e. The minimum atomic E-state index is 0.583. The predicted molar refractivity (Wildman–Crippen MR) is 51.1 cm³/mol. The number of rotatable bonds is 4. The summed E-state index contributed by atoms with van der Waals surface area (Å²) in [6.07, 6.45) is 0. The van der Waals surface area contributed by atoms with Gasteiger partial charge in [-0.15, -0.1) is 0 Å². The second-order valence-electron chi connectivity index (χ2n) is 2.93. The van der Waals surface area contributed by atoms with E-state index in [4.69, 9.17) is 9.47 Å². The topological polar surface area (TPSA) is 31.4 Å². The minimum absolute atomic E-state index is 0.583. The molecule has 0 fully saturated rings. The van der Waals surface area contributed by atoms with Crippen molar-refractivity contribution in [3.63, 3.8) is 0 Å². The van der Waals surface area contributed by atoms with E-state index in [0.717, 1.165) is 17.1 Å². The number of ether oxygens (including phenoxy) is 2. The average molecular weight is 181 g/mol. The van der Waals surface area contributed by atoms with Gasteiger partial charge in [-0.1, -0.05) is 0 Å². The van der Waals surface area contributed by atoms with E-state index in [1.807, 2.05) is 26.0 Å². The molecule has 1 aromatic rings. The summed E-state index contributed by atoms with van der Waals surface area (Å²) in [4.78, 5) is 4.25. The Morgan fingerprint density at radius 2 is 1.77 bits per heavy atom. The fourth-order valence-corrected chi connectivity index (χ4v) is 1.12. The summed E-state index contributed by atoms with van der Waals surface area (Å²) < 4.78 is 10.3. The zero-order valence-electron chi connectivity index (χ0n) is 8.33. The van der Waals surface area contributed by atoms with Crippen LogP contribution in [0.3, 0.4) is 0 Å². The van der Waals surface area contributed by atoms with E-state index in [9.17, 15) is 0 Å². The fraction of sp³-hybridized carbons (Fsp3) is 0.500. The molecule has 0 unspecified atom stereocenters. The Morgan fingerprint density at radius 3 is 2.31 bits per heavy atom. The molecule has 0 radical (unpaired) electrons. The van der Waals surface area contributed by atoms with Gasteiger partial charge < -0.3 is 9.47 Å². The molecule has 0 N–H and O–H groups in total. The standard InChI is InChI=1S/C10H15NO2/c1-8-6-10(7-9(2)11-8)13-5-4-12-3/h6-7H,4-5H2,1-3H3. The lowest BCUT2D eigenvalue weighted by Crippen LogP contribution is -2.04. The number of hydrogen-bond acceptors (Lipinski definition) is 3. The van der Waals surface area contributed by atoms with Crippen LogP contribution in [-0.4, -0.2) is 25.3 Å². The molecular formula is C10H15NO2. The van der Waals surface area contributed by atoms with Crippen LogP contribution >= 0.6 is 0 Å². The minimum Gasteiger partial charge on any atom is -0.491 e. The van der Waals surface area contributed by atoms with Gasteiger partial charge in [0.05, 0.1) is 6.61 Å². The van der Waals surface area contributed by atoms with Gasteiger partial charge in [0.1, 0.15) is 12.4 Å². The highest BCUT2D eigenvalue weighted by Gasteiger charge is 1.96. The Labute approximate surface area is 78.7 Å². The van der Waals surface area contributed by atoms with Crippen molar-refractivity contribution in [3.05, 3.63) is 23.5 Å². The third kappa shape index (κ3) is 3.42. The molecule has 1 heterocycles. The highest BCUT2D eigenvalue weighted by molar-refractivity contribution is 5.25. The largest absolute Gasteiger partial charge is 0.491 e. The SMILES string of the molecule is COCCOc1cc(C)nc(C)c1. The van der Waals surface area contributed by atoms with Crippen LogP contribution < -0.4 is 4.74 Å². The van der Waals surface area contributed by atoms with Crippen LogP contribution in [0, 0.1) is 13.8 Å². The van der Waals surface area contributed by atoms with Gasteiger partial charge in [0.15, 0.2) is 0 Å². The van der Waals surface area contributed by atoms with E-state index in [0.29, 0.717) is 13.2 Å². The number of nitrogens with zero attached hydrogens (tertiary/aromatic N) is 1. The summed E-state index contributed by atoms with van der Waals surface area (Å²) in [7, 11) is 1.66. The quantitative estimate of drug-likeness (QED) is 0.663. The molecule has 0 aromatic carbocycles. The van der Waals surface area contributed by atoms with Gasteiger partial charge in [0.25, 0.3) is 0 Å². The zero-order valence-corrected chi connectivity index (χ0v) is 8.33. The molecule has 0 aliphatic rings. The van der Waals surface area contributed by atoms with Crippen LogP contribution in [0.25, 0.3) is 0 Å². The Balaban J connectivity index is 2.56. The zero-order chi connectivity index (χ0) is 9.68. The summed E-state index contributed by atoms with van der Waals surface area (Å²) in [6, 6.07) is 3.84. The molecule has 0 saturated carbocycles. The molecule has 3 heteroatoms. The molecule has 0 bridgehead atoms. The van der Waals surface area contributed by atoms with E-state index < -0.39 is 0 Å². The molecule has 1 aromatic heterocycles. The van der Waals surface area contributed by atoms with E-state index >= 15 is 0 Å². The first-order valence-corrected chi connectivity index (χ1v) is 4.29. The summed E-state index contributed by atoms with van der Waals surface area (Å²) in [5.41, 5.74) is 1.96. The van der Waals surface area contributed by atoms with Crippen LogP contribution in [-0.2, 0) is 4.74 Å². The second-order valence-corrected chi connectivity index (χ2v) is 2.93. The Bertz CT molecular complexity index is 253. The molecule has 0 amide bonds. The van der Waals surface area contributed by atoms with E-state index in [1.54, 1.807) is 7.11 Å². The highest BCUT2D eigenvalue weighted by Crippen LogP contribution is 2.12. The Kier molecular flexibility index (Phi) is 3.71. The van der Waals surface area contributed by atoms with Gasteiger partial charge in [-0.25, -0.2) is 0 Å². The maximum absolute atomic E-state index is 5.44. The monoisotopic (exact) mass is 181 g/mol. The molecule has 0 atom stereocenters. The van der Waals surface area contributed by atoms with Gasteiger partial charge in [-0.2, -0.15) is 0 Å². The molecule has 13 heavy (non-hydrogen) atoms. The number of hydrogen-bond donors (Lipinski definition) is 0. The molecule has 0 saturated heterocycles. The molecule has 1 rings (SSSR count). The Morgan fingerprint density at radius 1 is 1.15 bits per heavy atom.